The first-order valence-corrected chi connectivity index (χ1v) is 4.99. The SMILES string of the molecule is CN(C#N)C(=O)[CH]CS(=O)(=O)C(N)=O. The predicted octanol–water partition coefficient (Wildman–Crippen LogP) is -1.38. The molecule has 2 amide bonds. The van der Waals surface area contributed by atoms with Gasteiger partial charge in [-0.05, 0) is 0 Å². The number of hydrogen-bond donors (Lipinski definition) is 1. The molecule has 2 N–H and O–H groups in total. The van der Waals surface area contributed by atoms with Gasteiger partial charge in [-0.3, -0.25) is 14.5 Å². The van der Waals surface area contributed by atoms with E-state index < -0.39 is 26.7 Å². The average Bonchev–Trinajstić information content (AvgIpc) is 2.12. The average molecular weight is 218 g/mol. The Hall–Kier alpha value is -1.62. The van der Waals surface area contributed by atoms with Gasteiger partial charge >= 0.3 is 5.24 Å². The highest BCUT2D eigenvalue weighted by Gasteiger charge is 2.21. The second-order valence-corrected chi connectivity index (χ2v) is 4.27. The fourth-order valence-electron chi connectivity index (χ4n) is 0.449. The molecule has 0 rings (SSSR count). The van der Waals surface area contributed by atoms with Crippen LogP contribution in [0.4, 0.5) is 4.79 Å². The van der Waals surface area contributed by atoms with Crippen molar-refractivity contribution in [2.45, 2.75) is 0 Å². The first-order valence-electron chi connectivity index (χ1n) is 3.34. The highest BCUT2D eigenvalue weighted by Crippen LogP contribution is 1.95. The zero-order valence-corrected chi connectivity index (χ0v) is 8.11. The minimum atomic E-state index is -4.11. The van der Waals surface area contributed by atoms with E-state index in [9.17, 15) is 18.0 Å². The minimum Gasteiger partial charge on any atom is -0.356 e. The monoisotopic (exact) mass is 218 g/mol. The van der Waals surface area contributed by atoms with E-state index in [-0.39, 0.29) is 0 Å². The van der Waals surface area contributed by atoms with Gasteiger partial charge < -0.3 is 5.73 Å². The maximum absolute atomic E-state index is 10.9. The normalized spacial score (nSPS) is 10.3. The lowest BCUT2D eigenvalue weighted by molar-refractivity contribution is -0.123. The van der Waals surface area contributed by atoms with Gasteiger partial charge in [-0.2, -0.15) is 5.26 Å². The summed E-state index contributed by atoms with van der Waals surface area (Å²) in [5.74, 6) is -1.61. The van der Waals surface area contributed by atoms with Crippen LogP contribution in [0.5, 0.6) is 0 Å². The molecule has 1 radical (unpaired) electrons. The van der Waals surface area contributed by atoms with Crippen LogP contribution in [0.1, 0.15) is 0 Å². The molecule has 0 atom stereocenters. The van der Waals surface area contributed by atoms with Gasteiger partial charge in [0.05, 0.1) is 12.2 Å². The van der Waals surface area contributed by atoms with E-state index in [0.717, 1.165) is 7.05 Å². The van der Waals surface area contributed by atoms with Crippen LogP contribution in [0.15, 0.2) is 0 Å². The Morgan fingerprint density at radius 3 is 2.43 bits per heavy atom. The van der Waals surface area contributed by atoms with E-state index in [4.69, 9.17) is 5.26 Å². The van der Waals surface area contributed by atoms with Crippen molar-refractivity contribution in [3.63, 3.8) is 0 Å². The molecular weight excluding hydrogens is 210 g/mol. The third kappa shape index (κ3) is 3.40. The van der Waals surface area contributed by atoms with Gasteiger partial charge in [0.2, 0.25) is 15.7 Å². The molecule has 0 unspecified atom stereocenters. The third-order valence-electron chi connectivity index (χ3n) is 1.26. The number of sulfone groups is 1. The summed E-state index contributed by atoms with van der Waals surface area (Å²) >= 11 is 0. The standard InChI is InChI=1S/C6H8N3O4S/c1-9(4-7)5(10)2-3-14(12,13)6(8)11/h2H,3H2,1H3,(H2,8,11). The molecule has 0 heterocycles. The summed E-state index contributed by atoms with van der Waals surface area (Å²) < 4.78 is 21.6. The topological polar surface area (TPSA) is 121 Å². The number of hydrogen-bond acceptors (Lipinski definition) is 5. The first-order chi connectivity index (χ1) is 6.31. The van der Waals surface area contributed by atoms with Crippen LogP contribution in [0, 0.1) is 17.9 Å². The summed E-state index contributed by atoms with van der Waals surface area (Å²) in [6.45, 7) is 0. The molecule has 14 heavy (non-hydrogen) atoms. The Morgan fingerprint density at radius 1 is 1.57 bits per heavy atom. The number of nitrogens with two attached hydrogens (primary N) is 1. The van der Waals surface area contributed by atoms with Crippen molar-refractivity contribution in [2.75, 3.05) is 12.8 Å². The smallest absolute Gasteiger partial charge is 0.333 e. The maximum Gasteiger partial charge on any atom is 0.333 e. The van der Waals surface area contributed by atoms with E-state index in [1.807, 2.05) is 0 Å². The molecule has 0 saturated carbocycles. The molecule has 0 aromatic heterocycles. The molecule has 8 heteroatoms. The van der Waals surface area contributed by atoms with Crippen molar-refractivity contribution in [3.8, 4) is 6.19 Å². The van der Waals surface area contributed by atoms with Gasteiger partial charge in [-0.25, -0.2) is 8.42 Å². The quantitative estimate of drug-likeness (QED) is 0.462. The van der Waals surface area contributed by atoms with Crippen LogP contribution in [0.2, 0.25) is 0 Å². The summed E-state index contributed by atoms with van der Waals surface area (Å²) in [7, 11) is -2.95. The summed E-state index contributed by atoms with van der Waals surface area (Å²) in [5.41, 5.74) is 4.53. The van der Waals surface area contributed by atoms with Crippen molar-refractivity contribution in [2.24, 2.45) is 5.73 Å². The van der Waals surface area contributed by atoms with Gasteiger partial charge in [0.1, 0.15) is 0 Å². The molecule has 0 spiro atoms. The zero-order valence-electron chi connectivity index (χ0n) is 7.30. The molecule has 0 bridgehead atoms. The third-order valence-corrected chi connectivity index (χ3v) is 2.48. The number of primary amides is 1. The minimum absolute atomic E-state index is 0.622. The van der Waals surface area contributed by atoms with Gasteiger partial charge in [0, 0.05) is 7.05 Å². The first kappa shape index (κ1) is 12.4. The predicted molar refractivity (Wildman–Crippen MR) is 46.1 cm³/mol. The van der Waals surface area contributed by atoms with E-state index >= 15 is 0 Å². The number of nitrogens with zero attached hydrogens (tertiary/aromatic N) is 2. The lowest BCUT2D eigenvalue weighted by atomic mass is 10.4. The van der Waals surface area contributed by atoms with E-state index in [2.05, 4.69) is 5.73 Å². The van der Waals surface area contributed by atoms with Gasteiger partial charge in [-0.1, -0.05) is 0 Å². The number of rotatable bonds is 3. The zero-order chi connectivity index (χ0) is 11.4. The summed E-state index contributed by atoms with van der Waals surface area (Å²) in [6, 6.07) is 0. The van der Waals surface area contributed by atoms with E-state index in [1.165, 1.54) is 6.19 Å². The van der Waals surface area contributed by atoms with Crippen molar-refractivity contribution >= 4 is 21.0 Å². The lowest BCUT2D eigenvalue weighted by Crippen LogP contribution is -2.29. The number of nitriles is 1. The fourth-order valence-corrected chi connectivity index (χ4v) is 0.976. The van der Waals surface area contributed by atoms with Crippen LogP contribution >= 0.6 is 0 Å². The molecule has 0 aromatic rings. The second-order valence-electron chi connectivity index (χ2n) is 2.30. The van der Waals surface area contributed by atoms with Gasteiger partial charge in [0.15, 0.2) is 6.19 Å². The Balaban J connectivity index is 4.30. The van der Waals surface area contributed by atoms with Crippen LogP contribution in [-0.2, 0) is 14.6 Å². The Bertz CT molecular complexity index is 380. The molecule has 0 saturated heterocycles. The Kier molecular flexibility index (Phi) is 4.04. The van der Waals surface area contributed by atoms with Crippen molar-refractivity contribution in [3.05, 3.63) is 6.42 Å². The van der Waals surface area contributed by atoms with Crippen molar-refractivity contribution < 1.29 is 18.0 Å². The molecule has 0 aliphatic rings. The summed E-state index contributed by atoms with van der Waals surface area (Å²) in [5, 5.41) is 6.74. The van der Waals surface area contributed by atoms with E-state index in [0.29, 0.717) is 11.3 Å². The highest BCUT2D eigenvalue weighted by atomic mass is 32.2. The van der Waals surface area contributed by atoms with Gasteiger partial charge in [-0.15, -0.1) is 0 Å². The molecule has 0 fully saturated rings. The maximum atomic E-state index is 10.9. The second kappa shape index (κ2) is 4.57. The van der Waals surface area contributed by atoms with Crippen molar-refractivity contribution in [1.29, 1.82) is 5.26 Å². The van der Waals surface area contributed by atoms with Crippen molar-refractivity contribution in [1.82, 2.24) is 4.90 Å². The summed E-state index contributed by atoms with van der Waals surface area (Å²) in [6.07, 6.45) is 2.17. The molecule has 0 aliphatic carbocycles. The molecular formula is C6H8N3O4S. The van der Waals surface area contributed by atoms with Crippen LogP contribution in [0.25, 0.3) is 0 Å². The Labute approximate surface area is 81.0 Å². The lowest BCUT2D eigenvalue weighted by Gasteiger charge is -2.04. The van der Waals surface area contributed by atoms with Crippen LogP contribution in [0.3, 0.4) is 0 Å². The fraction of sp³-hybridized carbons (Fsp3) is 0.333. The van der Waals surface area contributed by atoms with Crippen LogP contribution in [-0.4, -0.2) is 37.3 Å². The van der Waals surface area contributed by atoms with Gasteiger partial charge in [0.25, 0.3) is 0 Å². The van der Waals surface area contributed by atoms with Crippen LogP contribution < -0.4 is 5.73 Å². The molecule has 77 valence electrons. The molecule has 0 aromatic carbocycles. The number of carbonyl (C=O) groups excluding carboxylic acids is 2. The largest absolute Gasteiger partial charge is 0.356 e. The van der Waals surface area contributed by atoms with E-state index in [1.54, 1.807) is 0 Å². The Morgan fingerprint density at radius 2 is 2.07 bits per heavy atom. The number of carbonyl (C=O) groups is 2. The summed E-state index contributed by atoms with van der Waals surface area (Å²) in [4.78, 5) is 21.8. The molecule has 7 nitrogen and oxygen atoms in total. The number of amides is 2. The molecule has 0 aliphatic heterocycles. The highest BCUT2D eigenvalue weighted by molar-refractivity contribution is 8.06.